The van der Waals surface area contributed by atoms with Crippen molar-refractivity contribution < 1.29 is 43.2 Å². The molecule has 23 nitrogen and oxygen atoms in total. The molecule has 424 valence electrons. The fourth-order valence-electron chi connectivity index (χ4n) is 8.85. The van der Waals surface area contributed by atoms with Gasteiger partial charge in [-0.1, -0.05) is 107 Å². The third-order valence-electron chi connectivity index (χ3n) is 13.1. The van der Waals surface area contributed by atoms with Gasteiger partial charge in [0, 0.05) is 60.8 Å². The summed E-state index contributed by atoms with van der Waals surface area (Å²) in [5.41, 5.74) is 21.1. The number of para-hydroxylation sites is 1. The zero-order valence-electron chi connectivity index (χ0n) is 45.3. The van der Waals surface area contributed by atoms with Crippen molar-refractivity contribution in [2.75, 3.05) is 13.1 Å². The first-order chi connectivity index (χ1) is 37.7. The molecular formula is C56H76N14O9. The summed E-state index contributed by atoms with van der Waals surface area (Å²) in [5.74, 6) is -6.98. The summed E-state index contributed by atoms with van der Waals surface area (Å²) >= 11 is 0. The fourth-order valence-corrected chi connectivity index (χ4v) is 8.85. The van der Waals surface area contributed by atoms with Crippen LogP contribution in [0, 0.1) is 11.8 Å². The number of H-pyrrole nitrogens is 2. The molecule has 0 radical (unpaired) electrons. The second kappa shape index (κ2) is 30.6. The summed E-state index contributed by atoms with van der Waals surface area (Å²) in [6.07, 6.45) is 5.33. The van der Waals surface area contributed by atoms with Gasteiger partial charge in [0.1, 0.15) is 24.2 Å². The molecule has 2 heterocycles. The Morgan fingerprint density at radius 1 is 0.620 bits per heavy atom. The Labute approximate surface area is 459 Å². The van der Waals surface area contributed by atoms with Crippen molar-refractivity contribution in [3.05, 3.63) is 126 Å². The van der Waals surface area contributed by atoms with Gasteiger partial charge in [-0.05, 0) is 67.2 Å². The molecule has 0 saturated carbocycles. The number of rotatable bonds is 32. The molecular weight excluding hydrogens is 1010 g/mol. The largest absolute Gasteiger partial charge is 0.370 e. The summed E-state index contributed by atoms with van der Waals surface area (Å²) < 4.78 is 0. The van der Waals surface area contributed by atoms with Crippen LogP contribution in [0.2, 0.25) is 0 Å². The van der Waals surface area contributed by atoms with Crippen LogP contribution in [0.4, 0.5) is 0 Å². The van der Waals surface area contributed by atoms with Crippen molar-refractivity contribution in [3.8, 4) is 0 Å². The van der Waals surface area contributed by atoms with Gasteiger partial charge < -0.3 is 64.4 Å². The SMILES string of the molecule is CC(C)C[C@@H](CN[C@@H](Cc1ccccc1)C(N)=O)N[C@@H](Cc1cnc[nH]1)C(=O)NC(=O)CNC(=O)[C@@H](NC(=O)[C@H](C)NC(=O)[C@H](Cc1c[nH]c2ccccc12)NC(=O)[C@H](CCC(N)=O)NC(=O)[C@H](N)Cc1ccccc1)C(C)C. The maximum atomic E-state index is 14.2. The van der Waals surface area contributed by atoms with E-state index in [9.17, 15) is 43.2 Å². The number of nitrogens with two attached hydrogens (primary N) is 3. The number of nitrogens with one attached hydrogen (secondary N) is 10. The van der Waals surface area contributed by atoms with Crippen molar-refractivity contribution in [1.82, 2.24) is 57.5 Å². The molecule has 0 saturated heterocycles. The Morgan fingerprint density at radius 2 is 1.25 bits per heavy atom. The Morgan fingerprint density at radius 3 is 1.87 bits per heavy atom. The number of amides is 9. The molecule has 0 aliphatic rings. The highest BCUT2D eigenvalue weighted by Crippen LogP contribution is 2.20. The number of primary amides is 2. The molecule has 5 rings (SSSR count). The molecule has 16 N–H and O–H groups in total. The van der Waals surface area contributed by atoms with Crippen LogP contribution in [0.15, 0.2) is 104 Å². The summed E-state index contributed by atoms with van der Waals surface area (Å²) in [4.78, 5) is 131. The van der Waals surface area contributed by atoms with Crippen LogP contribution in [0.1, 0.15) is 76.3 Å². The Bertz CT molecular complexity index is 2830. The van der Waals surface area contributed by atoms with Gasteiger partial charge >= 0.3 is 0 Å². The molecule has 0 aliphatic carbocycles. The van der Waals surface area contributed by atoms with E-state index >= 15 is 0 Å². The van der Waals surface area contributed by atoms with Gasteiger partial charge in [0.2, 0.25) is 53.2 Å². The van der Waals surface area contributed by atoms with Crippen LogP contribution < -0.4 is 59.7 Å². The highest BCUT2D eigenvalue weighted by Gasteiger charge is 2.33. The number of imidazole rings is 1. The predicted molar refractivity (Wildman–Crippen MR) is 297 cm³/mol. The second-order valence-corrected chi connectivity index (χ2v) is 20.5. The number of imide groups is 1. The van der Waals surface area contributed by atoms with Crippen LogP contribution >= 0.6 is 0 Å². The van der Waals surface area contributed by atoms with Gasteiger partial charge in [0.15, 0.2) is 0 Å². The topological polar surface area (TPSA) is 372 Å². The van der Waals surface area contributed by atoms with E-state index in [0.717, 1.165) is 22.0 Å². The number of fused-ring (bicyclic) bond motifs is 1. The van der Waals surface area contributed by atoms with Crippen LogP contribution in [0.25, 0.3) is 10.9 Å². The maximum absolute atomic E-state index is 14.2. The predicted octanol–water partition coefficient (Wildman–Crippen LogP) is -0.0551. The van der Waals surface area contributed by atoms with Crippen molar-refractivity contribution in [1.29, 1.82) is 0 Å². The lowest BCUT2D eigenvalue weighted by Gasteiger charge is -2.28. The molecule has 2 aromatic heterocycles. The van der Waals surface area contributed by atoms with Crippen molar-refractivity contribution in [2.24, 2.45) is 29.0 Å². The van der Waals surface area contributed by atoms with E-state index in [1.54, 1.807) is 56.6 Å². The van der Waals surface area contributed by atoms with Gasteiger partial charge in [-0.2, -0.15) is 0 Å². The lowest BCUT2D eigenvalue weighted by atomic mass is 10.00. The third-order valence-corrected chi connectivity index (χ3v) is 13.1. The summed E-state index contributed by atoms with van der Waals surface area (Å²) in [6, 6.07) is 17.4. The quantitative estimate of drug-likeness (QED) is 0.0269. The molecule has 0 spiro atoms. The normalized spacial score (nSPS) is 14.4. The van der Waals surface area contributed by atoms with E-state index in [-0.39, 0.29) is 50.6 Å². The third kappa shape index (κ3) is 20.2. The molecule has 0 aliphatic heterocycles. The molecule has 9 amide bonds. The molecule has 0 unspecified atom stereocenters. The molecule has 0 fully saturated rings. The van der Waals surface area contributed by atoms with Gasteiger partial charge in [-0.25, -0.2) is 4.98 Å². The average molecular weight is 1090 g/mol. The van der Waals surface area contributed by atoms with Crippen molar-refractivity contribution >= 4 is 64.1 Å². The number of carbonyl (C=O) groups is 9. The van der Waals surface area contributed by atoms with Crippen LogP contribution in [0.3, 0.4) is 0 Å². The highest BCUT2D eigenvalue weighted by molar-refractivity contribution is 6.01. The first kappa shape index (κ1) is 61.6. The minimum Gasteiger partial charge on any atom is -0.370 e. The number of hydrogen-bond donors (Lipinski definition) is 13. The first-order valence-corrected chi connectivity index (χ1v) is 26.4. The zero-order valence-corrected chi connectivity index (χ0v) is 45.3. The van der Waals surface area contributed by atoms with E-state index < -0.39 is 108 Å². The monoisotopic (exact) mass is 1090 g/mol. The summed E-state index contributed by atoms with van der Waals surface area (Å²) in [5, 5.41) is 22.8. The number of nitrogens with zero attached hydrogens (tertiary/aromatic N) is 1. The molecule has 23 heteroatoms. The number of aromatic nitrogens is 3. The van der Waals surface area contributed by atoms with Crippen molar-refractivity contribution in [2.45, 2.75) is 128 Å². The second-order valence-electron chi connectivity index (χ2n) is 20.5. The minimum absolute atomic E-state index is 0.0796. The van der Waals surface area contributed by atoms with E-state index in [1.807, 2.05) is 68.4 Å². The molecule has 79 heavy (non-hydrogen) atoms. The number of hydrogen-bond acceptors (Lipinski definition) is 13. The Balaban J connectivity index is 1.22. The first-order valence-electron chi connectivity index (χ1n) is 26.4. The zero-order chi connectivity index (χ0) is 57.6. The number of benzene rings is 3. The van der Waals surface area contributed by atoms with E-state index in [1.165, 1.54) is 13.3 Å². The smallest absolute Gasteiger partial charge is 0.245 e. The van der Waals surface area contributed by atoms with Gasteiger partial charge in [-0.3, -0.25) is 48.5 Å². The van der Waals surface area contributed by atoms with Crippen LogP contribution in [0.5, 0.6) is 0 Å². The average Bonchev–Trinajstić information content (AvgIpc) is 4.13. The van der Waals surface area contributed by atoms with E-state index in [4.69, 9.17) is 17.2 Å². The summed E-state index contributed by atoms with van der Waals surface area (Å²) in [7, 11) is 0. The molecule has 3 aromatic carbocycles. The standard InChI is InChI=1S/C56H76N14O9/c1-32(2)22-39(29-62-44(50(59)73)24-36-16-10-7-11-17-36)66-46(26-38-28-60-31-64-38)55(78)69-48(72)30-63-56(79)49(33(3)4)70-51(74)34(5)65-54(77)45(25-37-27-61-42-19-13-12-18-40(37)42)68-53(76)43(20-21-47(58)71)67-52(75)41(57)23-35-14-8-6-9-15-35/h6-19,27-28,31-34,39,41,43-46,49,61-62,66H,20-26,29-30,57H2,1-5H3,(H2,58,71)(H2,59,73)(H,60,64)(H,63,79)(H,65,77)(H,67,75)(H,68,76)(H,70,74)(H,69,72,78)/t34-,39-,41+,43-,44-,45-,46-,49-/m0/s1. The highest BCUT2D eigenvalue weighted by atomic mass is 16.2. The number of carbonyl (C=O) groups excluding carboxylic acids is 9. The maximum Gasteiger partial charge on any atom is 0.245 e. The molecule has 0 bridgehead atoms. The summed E-state index contributed by atoms with van der Waals surface area (Å²) in [6.45, 7) is 8.35. The van der Waals surface area contributed by atoms with Crippen molar-refractivity contribution in [3.63, 3.8) is 0 Å². The Hall–Kier alpha value is -8.28. The van der Waals surface area contributed by atoms with Gasteiger partial charge in [0.25, 0.3) is 0 Å². The molecule has 5 aromatic rings. The van der Waals surface area contributed by atoms with Crippen LogP contribution in [-0.4, -0.2) is 130 Å². The van der Waals surface area contributed by atoms with E-state index in [0.29, 0.717) is 24.1 Å². The van der Waals surface area contributed by atoms with Crippen LogP contribution in [-0.2, 0) is 68.8 Å². The Kier molecular flexibility index (Phi) is 23.9. The van der Waals surface area contributed by atoms with Gasteiger partial charge in [-0.15, -0.1) is 0 Å². The molecule has 8 atom stereocenters. The minimum atomic E-state index is -1.34. The lowest BCUT2D eigenvalue weighted by molar-refractivity contribution is -0.135. The number of aromatic amines is 2. The fraction of sp³-hybridized carbons (Fsp3) is 0.429. The van der Waals surface area contributed by atoms with Gasteiger partial charge in [0.05, 0.1) is 31.0 Å². The van der Waals surface area contributed by atoms with E-state index in [2.05, 4.69) is 57.5 Å². The lowest BCUT2D eigenvalue weighted by Crippen LogP contribution is -2.59.